The van der Waals surface area contributed by atoms with Crippen molar-refractivity contribution in [1.29, 1.82) is 0 Å². The first kappa shape index (κ1) is 17.4. The Balaban J connectivity index is 1.67. The highest BCUT2D eigenvalue weighted by Crippen LogP contribution is 2.17. The number of carbonyl (C=O) groups excluding carboxylic acids is 1. The van der Waals surface area contributed by atoms with E-state index in [1.165, 1.54) is 4.88 Å². The standard InChI is InChI=1S/C22H21NOS/c1-2-3-6-17-7-4-8-18(15-17)22(24)19-10-11-20(23-16-19)12-13-21-9-5-14-25-21/h2,4-10,12-15,20,23H,11,16H2,1H3. The maximum Gasteiger partial charge on any atom is 0.190 e. The molecule has 3 heteroatoms. The first-order chi connectivity index (χ1) is 12.3. The van der Waals surface area contributed by atoms with Gasteiger partial charge in [0.1, 0.15) is 0 Å². The van der Waals surface area contributed by atoms with Crippen LogP contribution in [0, 0.1) is 0 Å². The highest BCUT2D eigenvalue weighted by atomic mass is 32.1. The SMILES string of the molecule is CC=C=Cc1cccc(C(=O)C2=CCC(C=Cc3cccs3)NC2)c1. The van der Waals surface area contributed by atoms with Crippen LogP contribution in [-0.2, 0) is 0 Å². The minimum absolute atomic E-state index is 0.101. The molecule has 3 rings (SSSR count). The molecule has 1 aromatic carbocycles. The molecule has 0 saturated heterocycles. The van der Waals surface area contributed by atoms with E-state index in [-0.39, 0.29) is 11.8 Å². The summed E-state index contributed by atoms with van der Waals surface area (Å²) in [6, 6.07) is 12.1. The van der Waals surface area contributed by atoms with Crippen molar-refractivity contribution in [2.45, 2.75) is 19.4 Å². The van der Waals surface area contributed by atoms with Crippen LogP contribution in [0.25, 0.3) is 12.2 Å². The maximum absolute atomic E-state index is 12.7. The van der Waals surface area contributed by atoms with Crippen LogP contribution in [0.1, 0.15) is 34.1 Å². The number of Topliss-reactive ketones (excluding diaryl/α,β-unsaturated/α-hetero) is 1. The van der Waals surface area contributed by atoms with E-state index in [0.717, 1.165) is 23.1 Å². The molecule has 0 spiro atoms. The third-order valence-electron chi connectivity index (χ3n) is 4.07. The lowest BCUT2D eigenvalue weighted by Gasteiger charge is -2.20. The van der Waals surface area contributed by atoms with Gasteiger partial charge in [0.2, 0.25) is 0 Å². The summed E-state index contributed by atoms with van der Waals surface area (Å²) in [4.78, 5) is 14.0. The second kappa shape index (κ2) is 8.59. The Morgan fingerprint density at radius 1 is 1.32 bits per heavy atom. The lowest BCUT2D eigenvalue weighted by molar-refractivity contribution is 0.103. The number of carbonyl (C=O) groups is 1. The van der Waals surface area contributed by atoms with Gasteiger partial charge in [-0.1, -0.05) is 36.4 Å². The van der Waals surface area contributed by atoms with Crippen LogP contribution in [0.5, 0.6) is 0 Å². The lowest BCUT2D eigenvalue weighted by Crippen LogP contribution is -2.34. The molecule has 0 bridgehead atoms. The van der Waals surface area contributed by atoms with Gasteiger partial charge in [0.25, 0.3) is 0 Å². The molecule has 1 aliphatic rings. The summed E-state index contributed by atoms with van der Waals surface area (Å²) in [7, 11) is 0. The van der Waals surface area contributed by atoms with Gasteiger partial charge < -0.3 is 5.32 Å². The zero-order valence-electron chi connectivity index (χ0n) is 14.2. The molecule has 25 heavy (non-hydrogen) atoms. The van der Waals surface area contributed by atoms with Crippen LogP contribution < -0.4 is 5.32 Å². The van der Waals surface area contributed by atoms with Crippen LogP contribution in [-0.4, -0.2) is 18.4 Å². The number of allylic oxidation sites excluding steroid dienone is 1. The zero-order valence-corrected chi connectivity index (χ0v) is 15.1. The summed E-state index contributed by atoms with van der Waals surface area (Å²) in [5.74, 6) is 0.101. The number of thiophene rings is 1. The molecular formula is C22H21NOS. The summed E-state index contributed by atoms with van der Waals surface area (Å²) in [5.41, 5.74) is 5.61. The van der Waals surface area contributed by atoms with E-state index in [0.29, 0.717) is 6.54 Å². The number of nitrogens with one attached hydrogen (secondary N) is 1. The van der Waals surface area contributed by atoms with E-state index in [1.807, 2.05) is 43.3 Å². The Morgan fingerprint density at radius 2 is 2.24 bits per heavy atom. The molecule has 0 saturated carbocycles. The summed E-state index contributed by atoms with van der Waals surface area (Å²) in [6.07, 6.45) is 10.9. The monoisotopic (exact) mass is 347 g/mol. The Morgan fingerprint density at radius 3 is 2.96 bits per heavy atom. The number of ketones is 1. The average Bonchev–Trinajstić information content (AvgIpc) is 3.18. The fourth-order valence-corrected chi connectivity index (χ4v) is 3.35. The van der Waals surface area contributed by atoms with Crippen molar-refractivity contribution in [3.63, 3.8) is 0 Å². The fourth-order valence-electron chi connectivity index (χ4n) is 2.72. The fraction of sp³-hybridized carbons (Fsp3) is 0.182. The average molecular weight is 347 g/mol. The normalized spacial score (nSPS) is 17.0. The third-order valence-corrected chi connectivity index (χ3v) is 4.90. The Bertz CT molecular complexity index is 852. The highest BCUT2D eigenvalue weighted by Gasteiger charge is 2.17. The summed E-state index contributed by atoms with van der Waals surface area (Å²) in [6.45, 7) is 2.53. The minimum Gasteiger partial charge on any atom is -0.306 e. The minimum atomic E-state index is 0.101. The molecule has 1 N–H and O–H groups in total. The van der Waals surface area contributed by atoms with Crippen molar-refractivity contribution < 1.29 is 4.79 Å². The quantitative estimate of drug-likeness (QED) is 0.601. The van der Waals surface area contributed by atoms with Crippen molar-refractivity contribution >= 4 is 29.3 Å². The lowest BCUT2D eigenvalue weighted by atomic mass is 9.96. The van der Waals surface area contributed by atoms with Crippen molar-refractivity contribution in [3.8, 4) is 0 Å². The first-order valence-corrected chi connectivity index (χ1v) is 9.30. The molecule has 0 radical (unpaired) electrons. The molecule has 0 aliphatic carbocycles. The second-order valence-corrected chi connectivity index (χ2v) is 6.86. The maximum atomic E-state index is 12.7. The van der Waals surface area contributed by atoms with E-state index in [4.69, 9.17) is 0 Å². The predicted octanol–water partition coefficient (Wildman–Crippen LogP) is 5.12. The van der Waals surface area contributed by atoms with Crippen molar-refractivity contribution in [2.24, 2.45) is 0 Å². The van der Waals surface area contributed by atoms with Gasteiger partial charge in [0.15, 0.2) is 5.78 Å². The van der Waals surface area contributed by atoms with Gasteiger partial charge in [-0.25, -0.2) is 0 Å². The van der Waals surface area contributed by atoms with Gasteiger partial charge in [-0.3, -0.25) is 4.79 Å². The van der Waals surface area contributed by atoms with Gasteiger partial charge >= 0.3 is 0 Å². The van der Waals surface area contributed by atoms with E-state index in [2.05, 4.69) is 46.8 Å². The smallest absolute Gasteiger partial charge is 0.190 e. The highest BCUT2D eigenvalue weighted by molar-refractivity contribution is 7.10. The topological polar surface area (TPSA) is 29.1 Å². The van der Waals surface area contributed by atoms with Crippen molar-refractivity contribution in [2.75, 3.05) is 6.54 Å². The van der Waals surface area contributed by atoms with Crippen molar-refractivity contribution in [3.05, 3.63) is 87.3 Å². The molecular weight excluding hydrogens is 326 g/mol. The Hall–Kier alpha value is -2.45. The van der Waals surface area contributed by atoms with E-state index < -0.39 is 0 Å². The van der Waals surface area contributed by atoms with Gasteiger partial charge in [-0.05, 0) is 54.6 Å². The summed E-state index contributed by atoms with van der Waals surface area (Å²) < 4.78 is 0. The van der Waals surface area contributed by atoms with Gasteiger partial charge in [0.05, 0.1) is 0 Å². The molecule has 0 amide bonds. The van der Waals surface area contributed by atoms with Gasteiger partial charge in [-0.15, -0.1) is 17.1 Å². The summed E-state index contributed by atoms with van der Waals surface area (Å²) in [5, 5.41) is 5.51. The van der Waals surface area contributed by atoms with Crippen LogP contribution in [0.4, 0.5) is 0 Å². The van der Waals surface area contributed by atoms with Gasteiger partial charge in [-0.2, -0.15) is 0 Å². The van der Waals surface area contributed by atoms with E-state index in [9.17, 15) is 4.79 Å². The second-order valence-electron chi connectivity index (χ2n) is 5.88. The molecule has 0 fully saturated rings. The Kier molecular flexibility index (Phi) is 5.97. The zero-order chi connectivity index (χ0) is 17.5. The molecule has 1 aliphatic heterocycles. The Labute approximate surface area is 152 Å². The third kappa shape index (κ3) is 4.77. The van der Waals surface area contributed by atoms with Crippen molar-refractivity contribution in [1.82, 2.24) is 5.32 Å². The van der Waals surface area contributed by atoms with Crippen LogP contribution in [0.3, 0.4) is 0 Å². The largest absolute Gasteiger partial charge is 0.306 e. The number of benzene rings is 1. The van der Waals surface area contributed by atoms with Gasteiger partial charge in [0, 0.05) is 28.6 Å². The molecule has 1 unspecified atom stereocenters. The van der Waals surface area contributed by atoms with Crippen LogP contribution >= 0.6 is 11.3 Å². The molecule has 1 atom stereocenters. The predicted molar refractivity (Wildman–Crippen MR) is 107 cm³/mol. The molecule has 2 aromatic rings. The number of rotatable bonds is 5. The van der Waals surface area contributed by atoms with E-state index in [1.54, 1.807) is 11.3 Å². The summed E-state index contributed by atoms with van der Waals surface area (Å²) >= 11 is 1.73. The molecule has 126 valence electrons. The van der Waals surface area contributed by atoms with Crippen LogP contribution in [0.15, 0.2) is 71.3 Å². The molecule has 2 heterocycles. The van der Waals surface area contributed by atoms with Crippen LogP contribution in [0.2, 0.25) is 0 Å². The molecule has 1 aromatic heterocycles. The molecule has 2 nitrogen and oxygen atoms in total. The number of hydrogen-bond donors (Lipinski definition) is 1. The number of hydrogen-bond acceptors (Lipinski definition) is 3. The first-order valence-electron chi connectivity index (χ1n) is 8.42. The van der Waals surface area contributed by atoms with E-state index >= 15 is 0 Å².